The van der Waals surface area contributed by atoms with Gasteiger partial charge in [-0.2, -0.15) is 0 Å². The summed E-state index contributed by atoms with van der Waals surface area (Å²) in [4.78, 5) is 28.3. The van der Waals surface area contributed by atoms with Crippen LogP contribution in [0.1, 0.15) is 36.1 Å². The normalized spacial score (nSPS) is 13.7. The number of benzene rings is 3. The fourth-order valence-corrected chi connectivity index (χ4v) is 4.11. The van der Waals surface area contributed by atoms with E-state index in [1.54, 1.807) is 0 Å². The summed E-state index contributed by atoms with van der Waals surface area (Å²) in [6.07, 6.45) is 0.652. The maximum absolute atomic E-state index is 13.5. The number of aryl methyl sites for hydroxylation is 2. The maximum Gasteiger partial charge on any atom is 0.278 e. The molecule has 3 aromatic rings. The van der Waals surface area contributed by atoms with Gasteiger partial charge in [-0.1, -0.05) is 60.2 Å². The van der Waals surface area contributed by atoms with Crippen molar-refractivity contribution in [1.29, 1.82) is 0 Å². The van der Waals surface area contributed by atoms with E-state index in [4.69, 9.17) is 4.74 Å². The van der Waals surface area contributed by atoms with Gasteiger partial charge < -0.3 is 10.1 Å². The third-order valence-electron chi connectivity index (χ3n) is 5.79. The lowest BCUT2D eigenvalue weighted by atomic mass is 10.0. The fourth-order valence-electron chi connectivity index (χ4n) is 4.11. The van der Waals surface area contributed by atoms with Crippen molar-refractivity contribution in [2.24, 2.45) is 0 Å². The quantitative estimate of drug-likeness (QED) is 0.455. The van der Waals surface area contributed by atoms with Crippen LogP contribution >= 0.6 is 0 Å². The SMILES string of the molecule is Cc1ccc(NC2=C(c3ccc(OC(C)C)cc3)C(=O)N(CCc3ccccc3)C2=O)c(C)c1. The van der Waals surface area contributed by atoms with Gasteiger partial charge in [-0.15, -0.1) is 0 Å². The van der Waals surface area contributed by atoms with Crippen LogP contribution in [0.2, 0.25) is 0 Å². The molecule has 1 N–H and O–H groups in total. The molecule has 0 fully saturated rings. The molecule has 2 amide bonds. The standard InChI is InChI=1S/C29H30N2O3/c1-19(2)34-24-13-11-23(12-14-24)26-27(30-25-15-10-20(3)18-21(25)4)29(33)31(28(26)32)17-16-22-8-6-5-7-9-22/h5-15,18-19,30H,16-17H2,1-4H3. The maximum atomic E-state index is 13.5. The molecule has 0 saturated heterocycles. The molecule has 1 heterocycles. The summed E-state index contributed by atoms with van der Waals surface area (Å²) in [6, 6.07) is 23.2. The Bertz CT molecular complexity index is 1230. The number of carbonyl (C=O) groups excluding carboxylic acids is 2. The van der Waals surface area contributed by atoms with Gasteiger partial charge in [0.1, 0.15) is 11.4 Å². The molecule has 1 aliphatic heterocycles. The van der Waals surface area contributed by atoms with E-state index in [-0.39, 0.29) is 17.9 Å². The molecule has 0 saturated carbocycles. The van der Waals surface area contributed by atoms with Gasteiger partial charge in [0.2, 0.25) is 0 Å². The van der Waals surface area contributed by atoms with Gasteiger partial charge in [0, 0.05) is 12.2 Å². The number of ether oxygens (including phenoxy) is 1. The van der Waals surface area contributed by atoms with Crippen LogP contribution in [0.25, 0.3) is 5.57 Å². The monoisotopic (exact) mass is 454 g/mol. The van der Waals surface area contributed by atoms with E-state index >= 15 is 0 Å². The van der Waals surface area contributed by atoms with Crippen molar-refractivity contribution in [3.8, 4) is 5.75 Å². The van der Waals surface area contributed by atoms with E-state index in [0.717, 1.165) is 28.1 Å². The Morgan fingerprint density at radius 3 is 2.24 bits per heavy atom. The molecular formula is C29H30N2O3. The van der Waals surface area contributed by atoms with Gasteiger partial charge in [-0.25, -0.2) is 0 Å². The van der Waals surface area contributed by atoms with Gasteiger partial charge in [0.05, 0.1) is 11.7 Å². The Kier molecular flexibility index (Phi) is 6.82. The van der Waals surface area contributed by atoms with E-state index < -0.39 is 0 Å². The van der Waals surface area contributed by atoms with Crippen molar-refractivity contribution >= 4 is 23.1 Å². The summed E-state index contributed by atoms with van der Waals surface area (Å²) in [6.45, 7) is 8.26. The van der Waals surface area contributed by atoms with Crippen LogP contribution in [-0.4, -0.2) is 29.4 Å². The number of nitrogens with zero attached hydrogens (tertiary/aromatic N) is 1. The number of amides is 2. The predicted octanol–water partition coefficient (Wildman–Crippen LogP) is 5.53. The molecule has 34 heavy (non-hydrogen) atoms. The molecule has 1 aliphatic rings. The number of hydrogen-bond acceptors (Lipinski definition) is 4. The Balaban J connectivity index is 1.68. The van der Waals surface area contributed by atoms with Gasteiger partial charge >= 0.3 is 0 Å². The van der Waals surface area contributed by atoms with Crippen LogP contribution in [-0.2, 0) is 16.0 Å². The third kappa shape index (κ3) is 5.04. The van der Waals surface area contributed by atoms with Crippen LogP contribution in [0.3, 0.4) is 0 Å². The van der Waals surface area contributed by atoms with Gasteiger partial charge in [0.25, 0.3) is 11.8 Å². The molecule has 0 spiro atoms. The van der Waals surface area contributed by atoms with Crippen molar-refractivity contribution < 1.29 is 14.3 Å². The average molecular weight is 455 g/mol. The molecule has 174 valence electrons. The molecule has 0 atom stereocenters. The largest absolute Gasteiger partial charge is 0.491 e. The zero-order chi connectivity index (χ0) is 24.2. The molecule has 3 aromatic carbocycles. The van der Waals surface area contributed by atoms with E-state index in [1.807, 2.05) is 94.4 Å². The summed E-state index contributed by atoms with van der Waals surface area (Å²) >= 11 is 0. The minimum atomic E-state index is -0.307. The summed E-state index contributed by atoms with van der Waals surface area (Å²) in [5.74, 6) is 0.130. The molecule has 0 aromatic heterocycles. The van der Waals surface area contributed by atoms with Gasteiger partial charge in [0.15, 0.2) is 0 Å². The zero-order valence-electron chi connectivity index (χ0n) is 20.1. The molecule has 5 heteroatoms. The fraction of sp³-hybridized carbons (Fsp3) is 0.241. The van der Waals surface area contributed by atoms with Gasteiger partial charge in [-0.3, -0.25) is 14.5 Å². The zero-order valence-corrected chi connectivity index (χ0v) is 20.1. The van der Waals surface area contributed by atoms with E-state index in [1.165, 1.54) is 4.90 Å². The van der Waals surface area contributed by atoms with Crippen LogP contribution in [0.15, 0.2) is 78.5 Å². The highest BCUT2D eigenvalue weighted by Crippen LogP contribution is 2.32. The van der Waals surface area contributed by atoms with Crippen LogP contribution < -0.4 is 10.1 Å². The second-order valence-electron chi connectivity index (χ2n) is 8.88. The molecule has 0 radical (unpaired) electrons. The highest BCUT2D eigenvalue weighted by Gasteiger charge is 2.39. The molecule has 5 nitrogen and oxygen atoms in total. The van der Waals surface area contributed by atoms with Crippen LogP contribution in [0, 0.1) is 13.8 Å². The van der Waals surface area contributed by atoms with Crippen LogP contribution in [0.5, 0.6) is 5.75 Å². The molecular weight excluding hydrogens is 424 g/mol. The lowest BCUT2D eigenvalue weighted by Gasteiger charge is -2.16. The summed E-state index contributed by atoms with van der Waals surface area (Å²) < 4.78 is 5.74. The minimum absolute atomic E-state index is 0.0509. The Morgan fingerprint density at radius 2 is 1.59 bits per heavy atom. The predicted molar refractivity (Wildman–Crippen MR) is 136 cm³/mol. The smallest absolute Gasteiger partial charge is 0.278 e. The number of imide groups is 1. The first-order chi connectivity index (χ1) is 16.3. The number of carbonyl (C=O) groups is 2. The number of hydrogen-bond donors (Lipinski definition) is 1. The summed E-state index contributed by atoms with van der Waals surface area (Å²) in [5, 5.41) is 3.28. The van der Waals surface area contributed by atoms with Gasteiger partial charge in [-0.05, 0) is 69.0 Å². The highest BCUT2D eigenvalue weighted by atomic mass is 16.5. The van der Waals surface area contributed by atoms with Crippen molar-refractivity contribution in [2.75, 3.05) is 11.9 Å². The lowest BCUT2D eigenvalue weighted by molar-refractivity contribution is -0.136. The number of nitrogens with one attached hydrogen (secondary N) is 1. The lowest BCUT2D eigenvalue weighted by Crippen LogP contribution is -2.34. The van der Waals surface area contributed by atoms with Crippen molar-refractivity contribution in [2.45, 2.75) is 40.2 Å². The second-order valence-corrected chi connectivity index (χ2v) is 8.88. The first-order valence-corrected chi connectivity index (χ1v) is 11.6. The average Bonchev–Trinajstić information content (AvgIpc) is 3.04. The summed E-state index contributed by atoms with van der Waals surface area (Å²) in [5.41, 5.74) is 5.41. The number of rotatable bonds is 8. The van der Waals surface area contributed by atoms with Crippen molar-refractivity contribution in [3.05, 3.63) is 101 Å². The van der Waals surface area contributed by atoms with Crippen molar-refractivity contribution in [1.82, 2.24) is 4.90 Å². The topological polar surface area (TPSA) is 58.6 Å². The molecule has 0 bridgehead atoms. The second kappa shape index (κ2) is 9.96. The first-order valence-electron chi connectivity index (χ1n) is 11.6. The Hall–Kier alpha value is -3.86. The number of anilines is 1. The Morgan fingerprint density at radius 1 is 0.882 bits per heavy atom. The molecule has 0 aliphatic carbocycles. The first kappa shape index (κ1) is 23.3. The minimum Gasteiger partial charge on any atom is -0.491 e. The molecule has 0 unspecified atom stereocenters. The van der Waals surface area contributed by atoms with E-state index in [0.29, 0.717) is 29.8 Å². The summed E-state index contributed by atoms with van der Waals surface area (Å²) in [7, 11) is 0. The Labute approximate surface area is 201 Å². The molecule has 4 rings (SSSR count). The van der Waals surface area contributed by atoms with Crippen molar-refractivity contribution in [3.63, 3.8) is 0 Å². The van der Waals surface area contributed by atoms with E-state index in [2.05, 4.69) is 11.4 Å². The van der Waals surface area contributed by atoms with E-state index in [9.17, 15) is 9.59 Å². The third-order valence-corrected chi connectivity index (χ3v) is 5.79. The highest BCUT2D eigenvalue weighted by molar-refractivity contribution is 6.36. The van der Waals surface area contributed by atoms with Crippen LogP contribution in [0.4, 0.5) is 5.69 Å².